The third-order valence-corrected chi connectivity index (χ3v) is 3.67. The van der Waals surface area contributed by atoms with Crippen LogP contribution >= 0.6 is 15.9 Å². The monoisotopic (exact) mass is 296 g/mol. The molecule has 0 unspecified atom stereocenters. The van der Waals surface area contributed by atoms with Crippen molar-refractivity contribution in [2.24, 2.45) is 0 Å². The second-order valence-electron chi connectivity index (χ2n) is 4.52. The highest BCUT2D eigenvalue weighted by Gasteiger charge is 2.19. The van der Waals surface area contributed by atoms with Crippen LogP contribution in [0, 0.1) is 6.92 Å². The minimum absolute atomic E-state index is 0.199. The lowest BCUT2D eigenvalue weighted by Crippen LogP contribution is -2.34. The van der Waals surface area contributed by atoms with Crippen molar-refractivity contribution in [3.63, 3.8) is 0 Å². The second-order valence-corrected chi connectivity index (χ2v) is 5.44. The zero-order valence-electron chi connectivity index (χ0n) is 10.2. The number of hydrogen-bond acceptors (Lipinski definition) is 2. The van der Waals surface area contributed by atoms with Crippen molar-refractivity contribution >= 4 is 27.5 Å². The van der Waals surface area contributed by atoms with E-state index in [-0.39, 0.29) is 5.91 Å². The molecule has 0 aromatic heterocycles. The van der Waals surface area contributed by atoms with E-state index in [2.05, 4.69) is 39.9 Å². The predicted molar refractivity (Wildman–Crippen MR) is 73.3 cm³/mol. The van der Waals surface area contributed by atoms with E-state index in [9.17, 15) is 4.79 Å². The third kappa shape index (κ3) is 2.80. The summed E-state index contributed by atoms with van der Waals surface area (Å²) >= 11 is 3.46. The van der Waals surface area contributed by atoms with Crippen molar-refractivity contribution in [2.45, 2.75) is 13.3 Å². The number of carbonyl (C=O) groups is 1. The van der Waals surface area contributed by atoms with E-state index in [4.69, 9.17) is 0 Å². The normalized spacial score (nSPS) is 17.2. The van der Waals surface area contributed by atoms with E-state index in [1.54, 1.807) is 0 Å². The summed E-state index contributed by atoms with van der Waals surface area (Å²) in [4.78, 5) is 15.8. The molecule has 2 rings (SSSR count). The molecule has 0 aliphatic carbocycles. The molecular weight excluding hydrogens is 280 g/mol. The van der Waals surface area contributed by atoms with Crippen LogP contribution in [0.15, 0.2) is 22.7 Å². The molecule has 1 saturated heterocycles. The fraction of sp³-hybridized carbons (Fsp3) is 0.462. The lowest BCUT2D eigenvalue weighted by atomic mass is 10.2. The maximum Gasteiger partial charge on any atom is 0.241 e. The van der Waals surface area contributed by atoms with Gasteiger partial charge in [0.25, 0.3) is 0 Å². The number of benzene rings is 1. The van der Waals surface area contributed by atoms with Gasteiger partial charge >= 0.3 is 0 Å². The summed E-state index contributed by atoms with van der Waals surface area (Å²) in [5, 5.41) is 0. The highest BCUT2D eigenvalue weighted by atomic mass is 79.9. The molecule has 0 atom stereocenters. The van der Waals surface area contributed by atoms with E-state index in [0.29, 0.717) is 6.54 Å². The van der Waals surface area contributed by atoms with Crippen LogP contribution in [0.3, 0.4) is 0 Å². The molecule has 0 radical (unpaired) electrons. The van der Waals surface area contributed by atoms with Gasteiger partial charge in [-0.3, -0.25) is 4.79 Å². The van der Waals surface area contributed by atoms with Crippen LogP contribution in [0.2, 0.25) is 0 Å². The van der Waals surface area contributed by atoms with E-state index in [0.717, 1.165) is 29.7 Å². The van der Waals surface area contributed by atoms with Crippen molar-refractivity contribution in [1.29, 1.82) is 0 Å². The van der Waals surface area contributed by atoms with Crippen LogP contribution in [0.25, 0.3) is 0 Å². The van der Waals surface area contributed by atoms with Crippen LogP contribution in [0.1, 0.15) is 12.0 Å². The number of carbonyl (C=O) groups excluding carboxylic acids is 1. The van der Waals surface area contributed by atoms with Crippen LogP contribution < -0.4 is 4.90 Å². The average Bonchev–Trinajstić information content (AvgIpc) is 2.42. The molecule has 3 nitrogen and oxygen atoms in total. The summed E-state index contributed by atoms with van der Waals surface area (Å²) in [5.41, 5.74) is 2.37. The van der Waals surface area contributed by atoms with Crippen molar-refractivity contribution in [1.82, 2.24) is 4.90 Å². The molecule has 1 amide bonds. The molecule has 0 bridgehead atoms. The molecule has 92 valence electrons. The second kappa shape index (κ2) is 5.08. The number of nitrogens with zero attached hydrogens (tertiary/aromatic N) is 2. The van der Waals surface area contributed by atoms with Crippen LogP contribution in [0.4, 0.5) is 5.69 Å². The lowest BCUT2D eigenvalue weighted by Gasteiger charge is -2.23. The minimum Gasteiger partial charge on any atom is -0.362 e. The van der Waals surface area contributed by atoms with Gasteiger partial charge in [-0.05, 0) is 37.1 Å². The molecular formula is C13H17BrN2O. The van der Waals surface area contributed by atoms with Crippen LogP contribution in [-0.4, -0.2) is 37.5 Å². The molecule has 17 heavy (non-hydrogen) atoms. The first-order valence-electron chi connectivity index (χ1n) is 5.83. The summed E-state index contributed by atoms with van der Waals surface area (Å²) < 4.78 is 1.08. The number of halogens is 1. The zero-order valence-corrected chi connectivity index (χ0v) is 11.8. The van der Waals surface area contributed by atoms with Crippen molar-refractivity contribution in [3.8, 4) is 0 Å². The maximum absolute atomic E-state index is 11.9. The summed E-state index contributed by atoms with van der Waals surface area (Å²) in [7, 11) is 1.88. The Bertz CT molecular complexity index is 433. The Morgan fingerprint density at radius 2 is 2.06 bits per heavy atom. The fourth-order valence-corrected chi connectivity index (χ4v) is 2.64. The molecule has 1 aromatic carbocycles. The number of rotatable bonds is 1. The molecule has 1 aromatic rings. The highest BCUT2D eigenvalue weighted by molar-refractivity contribution is 9.10. The van der Waals surface area contributed by atoms with Gasteiger partial charge in [-0.25, -0.2) is 0 Å². The molecule has 1 aliphatic rings. The summed E-state index contributed by atoms with van der Waals surface area (Å²) in [5.74, 6) is 0.199. The predicted octanol–water partition coefficient (Wildman–Crippen LogP) is 2.43. The average molecular weight is 297 g/mol. The van der Waals surface area contributed by atoms with Crippen molar-refractivity contribution in [2.75, 3.05) is 31.6 Å². The Morgan fingerprint density at radius 1 is 1.29 bits per heavy atom. The Morgan fingerprint density at radius 3 is 2.76 bits per heavy atom. The number of hydrogen-bond donors (Lipinski definition) is 0. The van der Waals surface area contributed by atoms with Gasteiger partial charge in [-0.2, -0.15) is 0 Å². The minimum atomic E-state index is 0.199. The fourth-order valence-electron chi connectivity index (χ4n) is 2.17. The third-order valence-electron chi connectivity index (χ3n) is 3.17. The summed E-state index contributed by atoms with van der Waals surface area (Å²) in [6.45, 7) is 4.36. The lowest BCUT2D eigenvalue weighted by molar-refractivity contribution is -0.127. The topological polar surface area (TPSA) is 23.6 Å². The van der Waals surface area contributed by atoms with Gasteiger partial charge in [-0.1, -0.05) is 15.9 Å². The largest absolute Gasteiger partial charge is 0.362 e. The zero-order chi connectivity index (χ0) is 12.4. The van der Waals surface area contributed by atoms with Crippen LogP contribution in [0.5, 0.6) is 0 Å². The maximum atomic E-state index is 11.9. The van der Waals surface area contributed by atoms with Gasteiger partial charge in [0.2, 0.25) is 5.91 Å². The molecule has 1 heterocycles. The molecule has 1 fully saturated rings. The quantitative estimate of drug-likeness (QED) is 0.795. The van der Waals surface area contributed by atoms with Gasteiger partial charge < -0.3 is 9.80 Å². The highest BCUT2D eigenvalue weighted by Crippen LogP contribution is 2.24. The van der Waals surface area contributed by atoms with E-state index in [1.807, 2.05) is 18.0 Å². The first-order valence-corrected chi connectivity index (χ1v) is 6.62. The molecule has 4 heteroatoms. The van der Waals surface area contributed by atoms with Gasteiger partial charge in [0.15, 0.2) is 0 Å². The van der Waals surface area contributed by atoms with Gasteiger partial charge in [0, 0.05) is 30.3 Å². The van der Waals surface area contributed by atoms with E-state index < -0.39 is 0 Å². The Balaban J connectivity index is 2.24. The number of anilines is 1. The standard InChI is InChI=1S/C13H17BrN2O/c1-10-8-11(14)4-5-12(10)16-7-3-6-15(2)13(17)9-16/h4-5,8H,3,6-7,9H2,1-2H3. The van der Waals surface area contributed by atoms with Crippen molar-refractivity contribution < 1.29 is 4.79 Å². The van der Waals surface area contributed by atoms with E-state index >= 15 is 0 Å². The first-order chi connectivity index (χ1) is 8.08. The van der Waals surface area contributed by atoms with Gasteiger partial charge in [-0.15, -0.1) is 0 Å². The van der Waals surface area contributed by atoms with Gasteiger partial charge in [0.05, 0.1) is 6.54 Å². The first kappa shape index (κ1) is 12.4. The Labute approximate surface area is 111 Å². The van der Waals surface area contributed by atoms with Crippen molar-refractivity contribution in [3.05, 3.63) is 28.2 Å². The molecule has 0 spiro atoms. The van der Waals surface area contributed by atoms with Crippen LogP contribution in [-0.2, 0) is 4.79 Å². The summed E-state index contributed by atoms with van der Waals surface area (Å²) in [6.07, 6.45) is 1.03. The molecule has 0 N–H and O–H groups in total. The summed E-state index contributed by atoms with van der Waals surface area (Å²) in [6, 6.07) is 6.20. The molecule has 1 aliphatic heterocycles. The number of amides is 1. The Hall–Kier alpha value is -1.03. The van der Waals surface area contributed by atoms with E-state index in [1.165, 1.54) is 5.56 Å². The SMILES string of the molecule is Cc1cc(Br)ccc1N1CCCN(C)C(=O)C1. The number of aryl methyl sites for hydroxylation is 1. The molecule has 0 saturated carbocycles. The number of likely N-dealkylation sites (N-methyl/N-ethyl adjacent to an activating group) is 1. The smallest absolute Gasteiger partial charge is 0.241 e. The Kier molecular flexibility index (Phi) is 3.72. The van der Waals surface area contributed by atoms with Gasteiger partial charge in [0.1, 0.15) is 0 Å².